The van der Waals surface area contributed by atoms with Gasteiger partial charge in [-0.2, -0.15) is 18.6 Å². The number of carbonyl (C=O) groups is 1. The Bertz CT molecular complexity index is 1160. The van der Waals surface area contributed by atoms with E-state index in [1.54, 1.807) is 6.92 Å². The van der Waals surface area contributed by atoms with Gasteiger partial charge < -0.3 is 5.32 Å². The highest BCUT2D eigenvalue weighted by Gasteiger charge is 2.43. The van der Waals surface area contributed by atoms with Gasteiger partial charge >= 0.3 is 0 Å². The second kappa shape index (κ2) is 7.68. The van der Waals surface area contributed by atoms with E-state index in [0.29, 0.717) is 24.4 Å². The second-order valence-corrected chi connectivity index (χ2v) is 8.36. The molecule has 3 aromatic heterocycles. The van der Waals surface area contributed by atoms with Crippen molar-refractivity contribution in [3.05, 3.63) is 47.7 Å². The molecule has 0 atom stereocenters. The molecule has 0 unspecified atom stereocenters. The molecule has 12 heteroatoms. The van der Waals surface area contributed by atoms with Crippen molar-refractivity contribution in [3.63, 3.8) is 0 Å². The van der Waals surface area contributed by atoms with E-state index in [1.165, 1.54) is 25.5 Å². The van der Waals surface area contributed by atoms with E-state index in [0.717, 1.165) is 22.4 Å². The van der Waals surface area contributed by atoms with E-state index in [1.807, 2.05) is 0 Å². The van der Waals surface area contributed by atoms with E-state index < -0.39 is 29.0 Å². The van der Waals surface area contributed by atoms with Crippen LogP contribution in [-0.2, 0) is 17.3 Å². The van der Waals surface area contributed by atoms with Gasteiger partial charge in [0.25, 0.3) is 5.92 Å². The molecular weight excluding hydrogens is 430 g/mol. The Morgan fingerprint density at radius 3 is 2.59 bits per heavy atom. The third kappa shape index (κ3) is 4.48. The molecule has 0 saturated heterocycles. The number of hydrogen-bond donors (Lipinski definition) is 1. The molecule has 1 saturated carbocycles. The quantitative estimate of drug-likeness (QED) is 0.578. The summed E-state index contributed by atoms with van der Waals surface area (Å²) >= 11 is 0. The van der Waals surface area contributed by atoms with Gasteiger partial charge in [-0.3, -0.25) is 9.48 Å². The Morgan fingerprint density at radius 2 is 2.00 bits per heavy atom. The Hall–Kier alpha value is -3.31. The van der Waals surface area contributed by atoms with Crippen LogP contribution in [0.2, 0.25) is 0 Å². The molecule has 8 nitrogen and oxygen atoms in total. The number of alkyl halides is 3. The molecule has 0 aromatic carbocycles. The minimum atomic E-state index is -3.12. The molecule has 0 aliphatic heterocycles. The fourth-order valence-corrected chi connectivity index (χ4v) is 3.60. The Labute approximate surface area is 180 Å². The van der Waals surface area contributed by atoms with Crippen molar-refractivity contribution in [2.24, 2.45) is 0 Å². The van der Waals surface area contributed by atoms with Crippen LogP contribution in [0.25, 0.3) is 5.82 Å². The second-order valence-electron chi connectivity index (χ2n) is 8.36. The number of nitrogens with zero attached hydrogens (tertiary/aromatic N) is 6. The molecule has 1 amide bonds. The monoisotopic (exact) mass is 451 g/mol. The smallest absolute Gasteiger partial charge is 0.288 e. The van der Waals surface area contributed by atoms with Crippen LogP contribution in [0.3, 0.4) is 0 Å². The lowest BCUT2D eigenvalue weighted by atomic mass is 9.73. The zero-order valence-electron chi connectivity index (χ0n) is 17.6. The summed E-state index contributed by atoms with van der Waals surface area (Å²) in [7, 11) is 0. The van der Waals surface area contributed by atoms with Crippen LogP contribution in [0.5, 0.6) is 0 Å². The van der Waals surface area contributed by atoms with Crippen molar-refractivity contribution >= 4 is 11.6 Å². The fourth-order valence-electron chi connectivity index (χ4n) is 3.60. The van der Waals surface area contributed by atoms with Gasteiger partial charge in [-0.15, -0.1) is 5.10 Å². The van der Waals surface area contributed by atoms with Crippen LogP contribution in [0.4, 0.5) is 23.2 Å². The predicted molar refractivity (Wildman–Crippen MR) is 106 cm³/mol. The first kappa shape index (κ1) is 21.9. The van der Waals surface area contributed by atoms with Crippen molar-refractivity contribution in [1.29, 1.82) is 0 Å². The molecule has 3 aromatic rings. The number of nitrogens with one attached hydrogen (secondary N) is 1. The molecule has 3 heterocycles. The minimum Gasteiger partial charge on any atom is -0.323 e. The fraction of sp³-hybridized carbons (Fsp3) is 0.450. The molecule has 0 spiro atoms. The number of anilines is 1. The lowest BCUT2D eigenvalue weighted by molar-refractivity contribution is -0.117. The SMILES string of the molecule is Cc1cc(C(C)(F)F)nn1CC(=O)Nc1cnc(-n2cnc(C3CC(C)(F)C3)n2)c(F)c1. The van der Waals surface area contributed by atoms with Gasteiger partial charge in [-0.05, 0) is 32.8 Å². The highest BCUT2D eigenvalue weighted by Crippen LogP contribution is 2.45. The molecule has 0 bridgehead atoms. The molecule has 4 rings (SSSR count). The topological polar surface area (TPSA) is 90.5 Å². The van der Waals surface area contributed by atoms with Crippen molar-refractivity contribution in [2.75, 3.05) is 5.32 Å². The zero-order chi connectivity index (χ0) is 23.3. The molecule has 1 aliphatic carbocycles. The Morgan fingerprint density at radius 1 is 1.28 bits per heavy atom. The molecule has 1 aliphatic rings. The molecule has 32 heavy (non-hydrogen) atoms. The van der Waals surface area contributed by atoms with Gasteiger partial charge in [0.2, 0.25) is 5.91 Å². The van der Waals surface area contributed by atoms with Crippen molar-refractivity contribution in [1.82, 2.24) is 29.5 Å². The van der Waals surface area contributed by atoms with Crippen molar-refractivity contribution in [2.45, 2.75) is 57.7 Å². The minimum absolute atomic E-state index is 0.0784. The zero-order valence-corrected chi connectivity index (χ0v) is 17.6. The summed E-state index contributed by atoms with van der Waals surface area (Å²) < 4.78 is 57.4. The highest BCUT2D eigenvalue weighted by atomic mass is 19.3. The summed E-state index contributed by atoms with van der Waals surface area (Å²) in [6.45, 7) is 3.46. The van der Waals surface area contributed by atoms with Crippen LogP contribution >= 0.6 is 0 Å². The maximum atomic E-state index is 14.6. The van der Waals surface area contributed by atoms with Crippen molar-refractivity contribution < 1.29 is 22.4 Å². The molecule has 1 N–H and O–H groups in total. The van der Waals surface area contributed by atoms with Crippen LogP contribution in [-0.4, -0.2) is 41.1 Å². The van der Waals surface area contributed by atoms with Gasteiger partial charge in [-0.1, -0.05) is 0 Å². The van der Waals surface area contributed by atoms with Crippen LogP contribution in [0.1, 0.15) is 49.8 Å². The number of amides is 1. The average molecular weight is 451 g/mol. The maximum absolute atomic E-state index is 14.6. The summed E-state index contributed by atoms with van der Waals surface area (Å²) in [4.78, 5) is 20.4. The maximum Gasteiger partial charge on any atom is 0.288 e. The first-order chi connectivity index (χ1) is 14.9. The number of halogens is 4. The average Bonchev–Trinajstić information content (AvgIpc) is 3.27. The standard InChI is InChI=1S/C20H21F4N7O/c1-11-4-15(20(3,23)24)28-30(11)9-16(32)27-13-5-14(21)18(25-8-13)31-10-26-17(29-31)12-6-19(2,22)7-12/h4-5,8,10,12H,6-7,9H2,1-3H3,(H,27,32). The largest absolute Gasteiger partial charge is 0.323 e. The Kier molecular flexibility index (Phi) is 5.25. The van der Waals surface area contributed by atoms with Gasteiger partial charge in [0, 0.05) is 24.6 Å². The number of carbonyl (C=O) groups excluding carboxylic acids is 1. The van der Waals surface area contributed by atoms with Gasteiger partial charge in [0.05, 0.1) is 11.9 Å². The summed E-state index contributed by atoms with van der Waals surface area (Å²) in [6.07, 6.45) is 3.16. The molecule has 0 radical (unpaired) electrons. The first-order valence-electron chi connectivity index (χ1n) is 9.90. The number of aryl methyl sites for hydroxylation is 1. The van der Waals surface area contributed by atoms with Gasteiger partial charge in [0.1, 0.15) is 24.2 Å². The third-order valence-corrected chi connectivity index (χ3v) is 5.27. The first-order valence-corrected chi connectivity index (χ1v) is 9.90. The van der Waals surface area contributed by atoms with E-state index in [2.05, 4.69) is 25.5 Å². The number of rotatable bonds is 6. The molecule has 170 valence electrons. The summed E-state index contributed by atoms with van der Waals surface area (Å²) in [5, 5.41) is 10.4. The number of aromatic nitrogens is 6. The number of pyridine rings is 1. The lowest BCUT2D eigenvalue weighted by Crippen LogP contribution is -2.35. The van der Waals surface area contributed by atoms with E-state index in [4.69, 9.17) is 0 Å². The third-order valence-electron chi connectivity index (χ3n) is 5.27. The molecule has 1 fully saturated rings. The summed E-state index contributed by atoms with van der Waals surface area (Å²) in [6, 6.07) is 2.26. The van der Waals surface area contributed by atoms with Crippen LogP contribution in [0.15, 0.2) is 24.7 Å². The highest BCUT2D eigenvalue weighted by molar-refractivity contribution is 5.90. The lowest BCUT2D eigenvalue weighted by Gasteiger charge is -2.36. The van der Waals surface area contributed by atoms with E-state index >= 15 is 0 Å². The van der Waals surface area contributed by atoms with E-state index in [9.17, 15) is 22.4 Å². The van der Waals surface area contributed by atoms with Crippen LogP contribution in [0, 0.1) is 12.7 Å². The normalized spacial score (nSPS) is 20.8. The summed E-state index contributed by atoms with van der Waals surface area (Å²) in [5.74, 6) is -4.29. The number of hydrogen-bond acceptors (Lipinski definition) is 5. The predicted octanol–water partition coefficient (Wildman–Crippen LogP) is 3.66. The van der Waals surface area contributed by atoms with Gasteiger partial charge in [0.15, 0.2) is 17.5 Å². The Balaban J connectivity index is 1.42. The van der Waals surface area contributed by atoms with Crippen LogP contribution < -0.4 is 5.32 Å². The summed E-state index contributed by atoms with van der Waals surface area (Å²) in [5.41, 5.74) is -1.20. The molecular formula is C20H21F4N7O. The van der Waals surface area contributed by atoms with Gasteiger partial charge in [-0.25, -0.2) is 18.7 Å². The van der Waals surface area contributed by atoms with E-state index in [-0.39, 0.29) is 24.0 Å². The van der Waals surface area contributed by atoms with Crippen molar-refractivity contribution in [3.8, 4) is 5.82 Å².